The predicted octanol–water partition coefficient (Wildman–Crippen LogP) is 1.65. The number of nitrogens with two attached hydrogens (primary N) is 1. The molecule has 0 aliphatic rings. The molecule has 1 amide bonds. The van der Waals surface area contributed by atoms with E-state index in [0.717, 1.165) is 0 Å². The van der Waals surface area contributed by atoms with E-state index in [9.17, 15) is 18.4 Å². The number of nitrogen functional groups attached to an aromatic ring is 1. The molecule has 0 aliphatic heterocycles. The van der Waals surface area contributed by atoms with E-state index >= 15 is 0 Å². The SMILES string of the molecule is CCn1c(NC(=O)c2cnc(N)nc2)nc2c(OC)c(OC(F)F)ccc2c1=O. The molecule has 0 saturated carbocycles. The van der Waals surface area contributed by atoms with Crippen LogP contribution in [-0.2, 0) is 6.54 Å². The standard InChI is InChI=1S/C17H16F2N6O4/c1-3-25-14(27)9-4-5-10(29-15(18)19)12(28-2)11(9)23-17(25)24-13(26)8-6-21-16(20)22-7-8/h4-7,15H,3H2,1-2H3,(H2,20,21,22)(H,23,24,26). The third-order valence-corrected chi connectivity index (χ3v) is 3.94. The number of rotatable bonds is 6. The second kappa shape index (κ2) is 8.04. The van der Waals surface area contributed by atoms with Crippen molar-refractivity contribution in [2.75, 3.05) is 18.2 Å². The molecule has 0 spiro atoms. The van der Waals surface area contributed by atoms with Crippen molar-refractivity contribution in [2.24, 2.45) is 0 Å². The van der Waals surface area contributed by atoms with E-state index in [1.807, 2.05) is 0 Å². The van der Waals surface area contributed by atoms with Crippen molar-refractivity contribution in [1.29, 1.82) is 0 Å². The van der Waals surface area contributed by atoms with Gasteiger partial charge in [0.15, 0.2) is 11.5 Å². The number of aromatic nitrogens is 4. The Morgan fingerprint density at radius 1 is 1.31 bits per heavy atom. The largest absolute Gasteiger partial charge is 0.491 e. The maximum Gasteiger partial charge on any atom is 0.387 e. The molecule has 10 nitrogen and oxygen atoms in total. The highest BCUT2D eigenvalue weighted by molar-refractivity contribution is 6.03. The fraction of sp³-hybridized carbons (Fsp3) is 0.235. The second-order valence-electron chi connectivity index (χ2n) is 5.64. The van der Waals surface area contributed by atoms with Gasteiger partial charge in [-0.15, -0.1) is 0 Å². The van der Waals surface area contributed by atoms with Crippen molar-refractivity contribution in [3.05, 3.63) is 40.4 Å². The first-order chi connectivity index (χ1) is 13.8. The number of anilines is 2. The van der Waals surface area contributed by atoms with Crippen molar-refractivity contribution in [3.8, 4) is 11.5 Å². The van der Waals surface area contributed by atoms with Crippen LogP contribution in [0.5, 0.6) is 11.5 Å². The Morgan fingerprint density at radius 2 is 2.00 bits per heavy atom. The van der Waals surface area contributed by atoms with Crippen LogP contribution in [0.4, 0.5) is 20.7 Å². The second-order valence-corrected chi connectivity index (χ2v) is 5.64. The summed E-state index contributed by atoms with van der Waals surface area (Å²) in [4.78, 5) is 37.0. The van der Waals surface area contributed by atoms with Crippen LogP contribution >= 0.6 is 0 Å². The molecule has 2 aromatic heterocycles. The molecule has 0 radical (unpaired) electrons. The number of ether oxygens (including phenoxy) is 2. The molecule has 29 heavy (non-hydrogen) atoms. The molecule has 3 aromatic rings. The fourth-order valence-corrected chi connectivity index (χ4v) is 2.65. The first-order valence-corrected chi connectivity index (χ1v) is 8.30. The molecule has 0 bridgehead atoms. The number of benzene rings is 1. The lowest BCUT2D eigenvalue weighted by atomic mass is 10.2. The van der Waals surface area contributed by atoms with E-state index in [1.165, 1.54) is 36.2 Å². The molecule has 0 atom stereocenters. The van der Waals surface area contributed by atoms with Gasteiger partial charge in [-0.25, -0.2) is 15.0 Å². The maximum atomic E-state index is 12.8. The Balaban J connectivity index is 2.13. The minimum Gasteiger partial charge on any atom is -0.491 e. The number of carbonyl (C=O) groups excluding carboxylic acids is 1. The number of alkyl halides is 2. The van der Waals surface area contributed by atoms with Crippen LogP contribution in [-0.4, -0.2) is 39.1 Å². The van der Waals surface area contributed by atoms with Crippen LogP contribution in [0.15, 0.2) is 29.3 Å². The third-order valence-electron chi connectivity index (χ3n) is 3.94. The summed E-state index contributed by atoms with van der Waals surface area (Å²) in [6, 6.07) is 2.50. The summed E-state index contributed by atoms with van der Waals surface area (Å²) in [6.07, 6.45) is 2.42. The number of fused-ring (bicyclic) bond motifs is 1. The number of hydrogen-bond donors (Lipinski definition) is 2. The zero-order valence-corrected chi connectivity index (χ0v) is 15.3. The van der Waals surface area contributed by atoms with Crippen LogP contribution in [0.3, 0.4) is 0 Å². The van der Waals surface area contributed by atoms with E-state index in [-0.39, 0.29) is 46.4 Å². The predicted molar refractivity (Wildman–Crippen MR) is 99.3 cm³/mol. The molecule has 1 aromatic carbocycles. The minimum absolute atomic E-state index is 0.00728. The Morgan fingerprint density at radius 3 is 2.59 bits per heavy atom. The number of carbonyl (C=O) groups is 1. The zero-order valence-electron chi connectivity index (χ0n) is 15.3. The van der Waals surface area contributed by atoms with Gasteiger partial charge in [-0.05, 0) is 19.1 Å². The van der Waals surface area contributed by atoms with Gasteiger partial charge in [0.05, 0.1) is 18.1 Å². The molecule has 2 heterocycles. The fourth-order valence-electron chi connectivity index (χ4n) is 2.65. The van der Waals surface area contributed by atoms with Crippen LogP contribution in [0.2, 0.25) is 0 Å². The highest BCUT2D eigenvalue weighted by Crippen LogP contribution is 2.34. The van der Waals surface area contributed by atoms with Gasteiger partial charge in [0, 0.05) is 18.9 Å². The first kappa shape index (κ1) is 19.9. The van der Waals surface area contributed by atoms with Crippen LogP contribution in [0.1, 0.15) is 17.3 Å². The zero-order chi connectivity index (χ0) is 21.1. The molecular formula is C17H16F2N6O4. The van der Waals surface area contributed by atoms with Gasteiger partial charge in [0.1, 0.15) is 5.52 Å². The lowest BCUT2D eigenvalue weighted by molar-refractivity contribution is -0.0510. The van der Waals surface area contributed by atoms with E-state index in [1.54, 1.807) is 6.92 Å². The van der Waals surface area contributed by atoms with Crippen molar-refractivity contribution in [1.82, 2.24) is 19.5 Å². The van der Waals surface area contributed by atoms with Gasteiger partial charge in [-0.3, -0.25) is 19.5 Å². The van der Waals surface area contributed by atoms with Crippen LogP contribution in [0.25, 0.3) is 10.9 Å². The van der Waals surface area contributed by atoms with Gasteiger partial charge in [-0.1, -0.05) is 0 Å². The van der Waals surface area contributed by atoms with Crippen LogP contribution < -0.4 is 26.1 Å². The van der Waals surface area contributed by atoms with E-state index in [0.29, 0.717) is 0 Å². The topological polar surface area (TPSA) is 134 Å². The summed E-state index contributed by atoms with van der Waals surface area (Å²) >= 11 is 0. The molecule has 0 unspecified atom stereocenters. The van der Waals surface area contributed by atoms with E-state index in [2.05, 4.69) is 25.0 Å². The summed E-state index contributed by atoms with van der Waals surface area (Å²) in [7, 11) is 1.23. The summed E-state index contributed by atoms with van der Waals surface area (Å²) in [5, 5.41) is 2.60. The Hall–Kier alpha value is -3.83. The molecule has 152 valence electrons. The Kier molecular flexibility index (Phi) is 5.52. The quantitative estimate of drug-likeness (QED) is 0.631. The van der Waals surface area contributed by atoms with Crippen molar-refractivity contribution in [2.45, 2.75) is 20.1 Å². The number of nitrogens with zero attached hydrogens (tertiary/aromatic N) is 4. The number of halogens is 2. The summed E-state index contributed by atoms with van der Waals surface area (Å²) < 4.78 is 36.1. The molecule has 0 aliphatic carbocycles. The summed E-state index contributed by atoms with van der Waals surface area (Å²) in [6.45, 7) is -1.22. The average Bonchev–Trinajstić information content (AvgIpc) is 2.68. The molecular weight excluding hydrogens is 390 g/mol. The number of hydrogen-bond acceptors (Lipinski definition) is 8. The highest BCUT2D eigenvalue weighted by Gasteiger charge is 2.20. The van der Waals surface area contributed by atoms with Crippen LogP contribution in [0, 0.1) is 0 Å². The number of nitrogens with one attached hydrogen (secondary N) is 1. The van der Waals surface area contributed by atoms with E-state index in [4.69, 9.17) is 10.5 Å². The van der Waals surface area contributed by atoms with Gasteiger partial charge >= 0.3 is 6.61 Å². The smallest absolute Gasteiger partial charge is 0.387 e. The lowest BCUT2D eigenvalue weighted by Crippen LogP contribution is -2.27. The summed E-state index contributed by atoms with van der Waals surface area (Å²) in [5.41, 5.74) is 4.94. The Bertz CT molecular complexity index is 1120. The monoisotopic (exact) mass is 406 g/mol. The summed E-state index contributed by atoms with van der Waals surface area (Å²) in [5.74, 6) is -1.21. The van der Waals surface area contributed by atoms with Gasteiger partial charge < -0.3 is 15.2 Å². The van der Waals surface area contributed by atoms with Crippen molar-refractivity contribution >= 4 is 28.7 Å². The lowest BCUT2D eigenvalue weighted by Gasteiger charge is -2.15. The molecule has 3 N–H and O–H groups in total. The average molecular weight is 406 g/mol. The molecule has 0 saturated heterocycles. The number of amides is 1. The van der Waals surface area contributed by atoms with Crippen molar-refractivity contribution < 1.29 is 23.0 Å². The normalized spacial score (nSPS) is 10.9. The molecule has 12 heteroatoms. The third kappa shape index (κ3) is 3.90. The minimum atomic E-state index is -3.10. The number of methoxy groups -OCH3 is 1. The van der Waals surface area contributed by atoms with Gasteiger partial charge in [0.2, 0.25) is 11.9 Å². The van der Waals surface area contributed by atoms with E-state index < -0.39 is 18.1 Å². The molecule has 3 rings (SSSR count). The van der Waals surface area contributed by atoms with Gasteiger partial charge in [-0.2, -0.15) is 8.78 Å². The molecule has 0 fully saturated rings. The van der Waals surface area contributed by atoms with Crippen molar-refractivity contribution in [3.63, 3.8) is 0 Å². The highest BCUT2D eigenvalue weighted by atomic mass is 19.3. The first-order valence-electron chi connectivity index (χ1n) is 8.30. The maximum absolute atomic E-state index is 12.8. The van der Waals surface area contributed by atoms with Gasteiger partial charge in [0.25, 0.3) is 11.5 Å². The Labute approximate surface area is 162 Å².